The number of phenols is 3. The van der Waals surface area contributed by atoms with Crippen LogP contribution in [0.1, 0.15) is 36.5 Å². The van der Waals surface area contributed by atoms with E-state index in [0.29, 0.717) is 17.6 Å². The van der Waals surface area contributed by atoms with Crippen LogP contribution in [0.15, 0.2) is 30.3 Å². The third kappa shape index (κ3) is 2.58. The van der Waals surface area contributed by atoms with E-state index in [2.05, 4.69) is 13.8 Å². The largest absolute Gasteiger partial charge is 0.504 e. The molecule has 2 aromatic carbocycles. The van der Waals surface area contributed by atoms with Gasteiger partial charge >= 0.3 is 0 Å². The lowest BCUT2D eigenvalue weighted by molar-refractivity contribution is 0.319. The average molecular weight is 314 g/mol. The number of phenolic OH excluding ortho intramolecular Hbond substituents is 3. The second kappa shape index (κ2) is 5.69. The number of rotatable bonds is 2. The van der Waals surface area contributed by atoms with E-state index in [-0.39, 0.29) is 23.2 Å². The lowest BCUT2D eigenvalue weighted by Crippen LogP contribution is -2.26. The Balaban J connectivity index is 2.16. The molecule has 0 bridgehead atoms. The zero-order valence-corrected chi connectivity index (χ0v) is 13.6. The van der Waals surface area contributed by atoms with Crippen molar-refractivity contribution in [2.45, 2.75) is 26.2 Å². The molecule has 1 aliphatic rings. The van der Waals surface area contributed by atoms with Gasteiger partial charge in [-0.3, -0.25) is 0 Å². The minimum atomic E-state index is -0.122. The Bertz CT molecular complexity index is 738. The van der Waals surface area contributed by atoms with Gasteiger partial charge in [0.2, 0.25) is 0 Å². The van der Waals surface area contributed by atoms with Crippen molar-refractivity contribution in [1.82, 2.24) is 0 Å². The van der Waals surface area contributed by atoms with Crippen LogP contribution in [0.4, 0.5) is 0 Å². The van der Waals surface area contributed by atoms with Gasteiger partial charge in [0.1, 0.15) is 0 Å². The molecular weight excluding hydrogens is 292 g/mol. The summed E-state index contributed by atoms with van der Waals surface area (Å²) in [4.78, 5) is 0. The first-order chi connectivity index (χ1) is 10.9. The van der Waals surface area contributed by atoms with Gasteiger partial charge in [-0.25, -0.2) is 0 Å². The Morgan fingerprint density at radius 3 is 2.35 bits per heavy atom. The van der Waals surface area contributed by atoms with E-state index in [1.807, 2.05) is 12.1 Å². The third-order valence-corrected chi connectivity index (χ3v) is 5.10. The molecule has 0 amide bonds. The van der Waals surface area contributed by atoms with Gasteiger partial charge in [-0.05, 0) is 59.2 Å². The molecule has 0 aliphatic heterocycles. The Labute approximate surface area is 136 Å². The zero-order chi connectivity index (χ0) is 16.7. The maximum Gasteiger partial charge on any atom is 0.160 e. The van der Waals surface area contributed by atoms with Gasteiger partial charge in [-0.15, -0.1) is 0 Å². The Morgan fingerprint density at radius 1 is 0.957 bits per heavy atom. The van der Waals surface area contributed by atoms with Crippen LogP contribution in [-0.2, 0) is 6.42 Å². The molecule has 3 rings (SSSR count). The molecule has 3 N–H and O–H groups in total. The summed E-state index contributed by atoms with van der Waals surface area (Å²) >= 11 is 0. The van der Waals surface area contributed by atoms with Gasteiger partial charge in [-0.1, -0.05) is 19.9 Å². The molecule has 23 heavy (non-hydrogen) atoms. The molecule has 0 fully saturated rings. The highest BCUT2D eigenvalue weighted by molar-refractivity contribution is 5.53. The Hall–Kier alpha value is -2.36. The summed E-state index contributed by atoms with van der Waals surface area (Å²) in [5.41, 5.74) is 3.15. The maximum absolute atomic E-state index is 10.2. The van der Waals surface area contributed by atoms with E-state index in [0.717, 1.165) is 23.1 Å². The average Bonchev–Trinajstić information content (AvgIpc) is 2.52. The van der Waals surface area contributed by atoms with Gasteiger partial charge in [0, 0.05) is 5.92 Å². The van der Waals surface area contributed by atoms with E-state index < -0.39 is 0 Å². The number of methoxy groups -OCH3 is 1. The van der Waals surface area contributed by atoms with E-state index in [4.69, 9.17) is 4.74 Å². The second-order valence-corrected chi connectivity index (χ2v) is 6.49. The van der Waals surface area contributed by atoms with E-state index >= 15 is 0 Å². The summed E-state index contributed by atoms with van der Waals surface area (Å²) < 4.78 is 5.23. The summed E-state index contributed by atoms with van der Waals surface area (Å²) in [6.45, 7) is 4.39. The molecule has 1 aliphatic carbocycles. The summed E-state index contributed by atoms with van der Waals surface area (Å²) in [6.07, 6.45) is 0.924. The van der Waals surface area contributed by atoms with Crippen LogP contribution >= 0.6 is 0 Å². The number of hydrogen-bond donors (Lipinski definition) is 3. The normalized spacial score (nSPS) is 23.3. The summed E-state index contributed by atoms with van der Waals surface area (Å²) in [5.74, 6) is 1.23. The van der Waals surface area contributed by atoms with Crippen molar-refractivity contribution >= 4 is 0 Å². The summed E-state index contributed by atoms with van der Waals surface area (Å²) in [6, 6.07) is 8.63. The van der Waals surface area contributed by atoms with Crippen LogP contribution in [0, 0.1) is 11.8 Å². The fourth-order valence-electron chi connectivity index (χ4n) is 3.62. The summed E-state index contributed by atoms with van der Waals surface area (Å²) in [7, 11) is 1.55. The molecule has 2 aromatic rings. The van der Waals surface area contributed by atoms with Crippen molar-refractivity contribution in [2.24, 2.45) is 11.8 Å². The molecule has 0 radical (unpaired) electrons. The molecule has 0 unspecified atom stereocenters. The molecule has 0 spiro atoms. The number of hydrogen-bond acceptors (Lipinski definition) is 4. The van der Waals surface area contributed by atoms with Crippen LogP contribution in [0.2, 0.25) is 0 Å². The maximum atomic E-state index is 10.2. The highest BCUT2D eigenvalue weighted by Crippen LogP contribution is 2.47. The molecular formula is C19H22O4. The second-order valence-electron chi connectivity index (χ2n) is 6.49. The molecule has 3 atom stereocenters. The molecule has 0 aromatic heterocycles. The monoisotopic (exact) mass is 314 g/mol. The van der Waals surface area contributed by atoms with Crippen molar-refractivity contribution in [1.29, 1.82) is 0 Å². The lowest BCUT2D eigenvalue weighted by Gasteiger charge is -2.37. The fraction of sp³-hybridized carbons (Fsp3) is 0.368. The minimum Gasteiger partial charge on any atom is -0.504 e. The topological polar surface area (TPSA) is 69.9 Å². The van der Waals surface area contributed by atoms with Crippen LogP contribution in [0.3, 0.4) is 0 Å². The number of aromatic hydroxyl groups is 3. The van der Waals surface area contributed by atoms with Crippen molar-refractivity contribution < 1.29 is 20.1 Å². The predicted octanol–water partition coefficient (Wildman–Crippen LogP) is 3.77. The Morgan fingerprint density at radius 2 is 1.70 bits per heavy atom. The first-order valence-electron chi connectivity index (χ1n) is 7.84. The van der Waals surface area contributed by atoms with Gasteiger partial charge < -0.3 is 20.1 Å². The lowest BCUT2D eigenvalue weighted by atomic mass is 9.68. The molecule has 122 valence electrons. The van der Waals surface area contributed by atoms with Gasteiger partial charge in [0.05, 0.1) is 7.11 Å². The van der Waals surface area contributed by atoms with E-state index in [1.165, 1.54) is 6.07 Å². The van der Waals surface area contributed by atoms with Crippen LogP contribution < -0.4 is 4.74 Å². The van der Waals surface area contributed by atoms with Gasteiger partial charge in [-0.2, -0.15) is 0 Å². The smallest absolute Gasteiger partial charge is 0.160 e. The van der Waals surface area contributed by atoms with Crippen molar-refractivity contribution in [3.05, 3.63) is 47.0 Å². The van der Waals surface area contributed by atoms with Crippen LogP contribution in [0.5, 0.6) is 23.0 Å². The summed E-state index contributed by atoms with van der Waals surface area (Å²) in [5, 5.41) is 29.6. The zero-order valence-electron chi connectivity index (χ0n) is 13.6. The molecule has 0 saturated heterocycles. The van der Waals surface area contributed by atoms with Crippen molar-refractivity contribution in [2.75, 3.05) is 7.11 Å². The van der Waals surface area contributed by atoms with Gasteiger partial charge in [0.25, 0.3) is 0 Å². The van der Waals surface area contributed by atoms with E-state index in [9.17, 15) is 15.3 Å². The van der Waals surface area contributed by atoms with Crippen LogP contribution in [-0.4, -0.2) is 22.4 Å². The molecule has 4 nitrogen and oxygen atoms in total. The van der Waals surface area contributed by atoms with Crippen LogP contribution in [0.25, 0.3) is 0 Å². The first-order valence-corrected chi connectivity index (χ1v) is 7.84. The highest BCUT2D eigenvalue weighted by atomic mass is 16.5. The standard InChI is InChI=1S/C19H22O4/c1-10-6-13-8-18(23-3)17(22)9-14(13)19(11(10)2)12-4-5-15(20)16(21)7-12/h4-5,7-11,19-22H,6H2,1-3H3/t10-,11+,19-/m0/s1. The van der Waals surface area contributed by atoms with Crippen molar-refractivity contribution in [3.8, 4) is 23.0 Å². The van der Waals surface area contributed by atoms with E-state index in [1.54, 1.807) is 19.2 Å². The van der Waals surface area contributed by atoms with Gasteiger partial charge in [0.15, 0.2) is 23.0 Å². The molecule has 0 saturated carbocycles. The quantitative estimate of drug-likeness (QED) is 0.738. The number of fused-ring (bicyclic) bond motifs is 1. The minimum absolute atomic E-state index is 0.0528. The van der Waals surface area contributed by atoms with Crippen molar-refractivity contribution in [3.63, 3.8) is 0 Å². The number of ether oxygens (including phenoxy) is 1. The predicted molar refractivity (Wildman–Crippen MR) is 88.3 cm³/mol. The SMILES string of the molecule is COc1cc2c(cc1O)[C@H](c1ccc(O)c(O)c1)[C@H](C)[C@@H](C)C2. The highest BCUT2D eigenvalue weighted by Gasteiger charge is 2.34. The molecule has 4 heteroatoms. The fourth-order valence-corrected chi connectivity index (χ4v) is 3.62. The third-order valence-electron chi connectivity index (χ3n) is 5.10. The molecule has 0 heterocycles. The first kappa shape index (κ1) is 15.5. The number of benzene rings is 2. The Kier molecular flexibility index (Phi) is 3.84.